The summed E-state index contributed by atoms with van der Waals surface area (Å²) in [6.07, 6.45) is 0.825. The lowest BCUT2D eigenvalue weighted by molar-refractivity contribution is -0.139. The van der Waals surface area contributed by atoms with Crippen molar-refractivity contribution in [2.45, 2.75) is 43.7 Å². The van der Waals surface area contributed by atoms with Gasteiger partial charge in [0.25, 0.3) is 0 Å². The molecule has 2 aliphatic rings. The van der Waals surface area contributed by atoms with Crippen LogP contribution in [0.25, 0.3) is 0 Å². The van der Waals surface area contributed by atoms with Gasteiger partial charge >= 0.3 is 0 Å². The van der Waals surface area contributed by atoms with Crippen molar-refractivity contribution in [2.75, 3.05) is 31.6 Å². The number of nitrogens with one attached hydrogen (secondary N) is 2. The molecule has 0 radical (unpaired) electrons. The van der Waals surface area contributed by atoms with Crippen LogP contribution >= 0.6 is 0 Å². The van der Waals surface area contributed by atoms with E-state index in [1.807, 2.05) is 6.07 Å². The van der Waals surface area contributed by atoms with Crippen LogP contribution in [0.1, 0.15) is 25.3 Å². The molecule has 0 amide bonds. The summed E-state index contributed by atoms with van der Waals surface area (Å²) >= 11 is 0. The van der Waals surface area contributed by atoms with Crippen molar-refractivity contribution >= 4 is 5.95 Å². The summed E-state index contributed by atoms with van der Waals surface area (Å²) < 4.78 is 25.0. The molecule has 0 spiro atoms. The van der Waals surface area contributed by atoms with Crippen LogP contribution in [0.2, 0.25) is 0 Å². The normalized spacial score (nSPS) is 32.6. The molecule has 1 aromatic rings. The summed E-state index contributed by atoms with van der Waals surface area (Å²) in [5.74, 6) is 0.284. The van der Waals surface area contributed by atoms with Gasteiger partial charge in [-0.3, -0.25) is 0 Å². The van der Waals surface area contributed by atoms with Gasteiger partial charge in [0, 0.05) is 13.0 Å². The number of nitriles is 1. The van der Waals surface area contributed by atoms with E-state index in [9.17, 15) is 14.8 Å². The Balaban J connectivity index is 1.77. The van der Waals surface area contributed by atoms with Crippen LogP contribution in [-0.4, -0.2) is 65.3 Å². The third-order valence-corrected chi connectivity index (χ3v) is 4.46. The molecule has 8 nitrogen and oxygen atoms in total. The standard InChI is InChI=1S/C16H22FN5O3/c1-16(23)9-24-5-3-13(16)25-14-10(6-18)7-20-15(22-14)21-12-2-4-19-8-11(12)17/h7,11-13,19,23H,2-5,8-9H2,1H3,(H,20,21,22)/t11-,12-,13?,16?/m1/s1. The highest BCUT2D eigenvalue weighted by Crippen LogP contribution is 2.26. The number of rotatable bonds is 4. The Labute approximate surface area is 145 Å². The van der Waals surface area contributed by atoms with E-state index in [1.165, 1.54) is 6.20 Å². The summed E-state index contributed by atoms with van der Waals surface area (Å²) in [5, 5.41) is 25.6. The van der Waals surface area contributed by atoms with Crippen molar-refractivity contribution in [3.05, 3.63) is 11.8 Å². The Hall–Kier alpha value is -2.02. The lowest BCUT2D eigenvalue weighted by Crippen LogP contribution is -2.51. The number of piperidine rings is 1. The average molecular weight is 351 g/mol. The maximum atomic E-state index is 13.9. The van der Waals surface area contributed by atoms with Gasteiger partial charge in [-0.15, -0.1) is 0 Å². The van der Waals surface area contributed by atoms with Crippen molar-refractivity contribution in [3.8, 4) is 11.9 Å². The second kappa shape index (κ2) is 7.47. The van der Waals surface area contributed by atoms with Gasteiger partial charge in [-0.05, 0) is 19.9 Å². The second-order valence-electron chi connectivity index (χ2n) is 6.59. The maximum absolute atomic E-state index is 13.9. The zero-order chi connectivity index (χ0) is 17.9. The smallest absolute Gasteiger partial charge is 0.236 e. The van der Waals surface area contributed by atoms with Gasteiger partial charge in [-0.2, -0.15) is 10.2 Å². The van der Waals surface area contributed by atoms with Gasteiger partial charge in [-0.25, -0.2) is 9.37 Å². The molecule has 2 aliphatic heterocycles. The molecule has 136 valence electrons. The molecule has 2 saturated heterocycles. The zero-order valence-corrected chi connectivity index (χ0v) is 14.0. The topological polar surface area (TPSA) is 112 Å². The highest BCUT2D eigenvalue weighted by Gasteiger charge is 2.38. The van der Waals surface area contributed by atoms with Crippen LogP contribution in [0.3, 0.4) is 0 Å². The quantitative estimate of drug-likeness (QED) is 0.714. The van der Waals surface area contributed by atoms with Crippen LogP contribution in [0.4, 0.5) is 10.3 Å². The minimum absolute atomic E-state index is 0.0801. The van der Waals surface area contributed by atoms with Crippen molar-refractivity contribution in [3.63, 3.8) is 0 Å². The number of aromatic nitrogens is 2. The molecule has 4 atom stereocenters. The Morgan fingerprint density at radius 2 is 2.40 bits per heavy atom. The third-order valence-electron chi connectivity index (χ3n) is 4.46. The number of halogens is 1. The van der Waals surface area contributed by atoms with E-state index in [4.69, 9.17) is 9.47 Å². The van der Waals surface area contributed by atoms with Crippen molar-refractivity contribution in [1.29, 1.82) is 5.26 Å². The summed E-state index contributed by atoms with van der Waals surface area (Å²) in [6.45, 7) is 3.21. The van der Waals surface area contributed by atoms with Gasteiger partial charge in [0.1, 0.15) is 29.5 Å². The van der Waals surface area contributed by atoms with Gasteiger partial charge in [0.15, 0.2) is 0 Å². The Morgan fingerprint density at radius 3 is 3.12 bits per heavy atom. The molecule has 3 heterocycles. The molecular weight excluding hydrogens is 329 g/mol. The van der Waals surface area contributed by atoms with Gasteiger partial charge in [-0.1, -0.05) is 0 Å². The van der Waals surface area contributed by atoms with Crippen LogP contribution in [0.15, 0.2) is 6.20 Å². The van der Waals surface area contributed by atoms with Crippen molar-refractivity contribution in [2.24, 2.45) is 0 Å². The molecule has 2 unspecified atom stereocenters. The van der Waals surface area contributed by atoms with E-state index in [-0.39, 0.29) is 30.5 Å². The largest absolute Gasteiger partial charge is 0.470 e. The molecule has 2 fully saturated rings. The number of aliphatic hydroxyl groups is 1. The van der Waals surface area contributed by atoms with Crippen LogP contribution in [0, 0.1) is 11.3 Å². The Kier molecular flexibility index (Phi) is 5.32. The highest BCUT2D eigenvalue weighted by atomic mass is 19.1. The predicted molar refractivity (Wildman–Crippen MR) is 87.0 cm³/mol. The number of hydrogen-bond donors (Lipinski definition) is 3. The first-order chi connectivity index (χ1) is 12.0. The van der Waals surface area contributed by atoms with E-state index < -0.39 is 23.9 Å². The second-order valence-corrected chi connectivity index (χ2v) is 6.59. The molecule has 25 heavy (non-hydrogen) atoms. The molecule has 9 heteroatoms. The molecule has 0 saturated carbocycles. The Bertz CT molecular complexity index is 651. The summed E-state index contributed by atoms with van der Waals surface area (Å²) in [6, 6.07) is 1.58. The summed E-state index contributed by atoms with van der Waals surface area (Å²) in [5.41, 5.74) is -1.02. The number of alkyl halides is 1. The first-order valence-electron chi connectivity index (χ1n) is 8.35. The van der Waals surface area contributed by atoms with Gasteiger partial charge < -0.3 is 25.2 Å². The van der Waals surface area contributed by atoms with E-state index in [0.29, 0.717) is 26.0 Å². The molecule has 0 aliphatic carbocycles. The van der Waals surface area contributed by atoms with E-state index in [2.05, 4.69) is 20.6 Å². The van der Waals surface area contributed by atoms with Crippen LogP contribution in [0.5, 0.6) is 5.88 Å². The van der Waals surface area contributed by atoms with Gasteiger partial charge in [0.2, 0.25) is 11.8 Å². The predicted octanol–water partition coefficient (Wildman–Crippen LogP) is 0.379. The zero-order valence-electron chi connectivity index (χ0n) is 14.0. The third kappa shape index (κ3) is 4.15. The minimum Gasteiger partial charge on any atom is -0.470 e. The van der Waals surface area contributed by atoms with Crippen molar-refractivity contribution in [1.82, 2.24) is 15.3 Å². The van der Waals surface area contributed by atoms with E-state index in [1.54, 1.807) is 6.92 Å². The van der Waals surface area contributed by atoms with Crippen molar-refractivity contribution < 1.29 is 19.0 Å². The van der Waals surface area contributed by atoms with E-state index >= 15 is 0 Å². The molecule has 0 aromatic carbocycles. The first-order valence-corrected chi connectivity index (χ1v) is 8.35. The first kappa shape index (κ1) is 17.8. The highest BCUT2D eigenvalue weighted by molar-refractivity contribution is 5.41. The van der Waals surface area contributed by atoms with Gasteiger partial charge in [0.05, 0.1) is 25.5 Å². The summed E-state index contributed by atoms with van der Waals surface area (Å²) in [7, 11) is 0. The Morgan fingerprint density at radius 1 is 1.56 bits per heavy atom. The fourth-order valence-corrected chi connectivity index (χ4v) is 2.94. The SMILES string of the molecule is CC1(O)COCCC1Oc1nc(N[C@@H]2CCNC[C@H]2F)ncc1C#N. The molecule has 3 N–H and O–H groups in total. The molecule has 0 bridgehead atoms. The molecule has 1 aromatic heterocycles. The number of ether oxygens (including phenoxy) is 2. The fourth-order valence-electron chi connectivity index (χ4n) is 2.94. The maximum Gasteiger partial charge on any atom is 0.236 e. The minimum atomic E-state index is -1.18. The monoisotopic (exact) mass is 351 g/mol. The lowest BCUT2D eigenvalue weighted by atomic mass is 9.95. The fraction of sp³-hybridized carbons (Fsp3) is 0.688. The number of hydrogen-bond acceptors (Lipinski definition) is 8. The van der Waals surface area contributed by atoms with Crippen LogP contribution < -0.4 is 15.4 Å². The summed E-state index contributed by atoms with van der Waals surface area (Å²) in [4.78, 5) is 8.29. The van der Waals surface area contributed by atoms with Crippen LogP contribution in [-0.2, 0) is 4.74 Å². The molecular formula is C16H22FN5O3. The number of anilines is 1. The number of nitrogens with zero attached hydrogens (tertiary/aromatic N) is 3. The van der Waals surface area contributed by atoms with E-state index in [0.717, 1.165) is 0 Å². The lowest BCUT2D eigenvalue weighted by Gasteiger charge is -2.36. The molecule has 3 rings (SSSR count). The average Bonchev–Trinajstić information content (AvgIpc) is 2.59.